The zero-order valence-electron chi connectivity index (χ0n) is 29.4. The number of rotatable bonds is 11. The van der Waals surface area contributed by atoms with Crippen molar-refractivity contribution in [3.05, 3.63) is 46.5 Å². The number of fused-ring (bicyclic) bond motifs is 2. The Balaban J connectivity index is 1.68. The summed E-state index contributed by atoms with van der Waals surface area (Å²) in [5.74, 6) is 3.02. The van der Waals surface area contributed by atoms with Crippen LogP contribution in [0.3, 0.4) is 0 Å². The fourth-order valence-electron chi connectivity index (χ4n) is 8.22. The highest BCUT2D eigenvalue weighted by atomic mass is 16.5. The number of methoxy groups -OCH3 is 6. The maximum atomic E-state index is 14.1. The molecule has 0 unspecified atom stereocenters. The van der Waals surface area contributed by atoms with Crippen LogP contribution in [-0.2, 0) is 0 Å². The monoisotopic (exact) mass is 654 g/mol. The van der Waals surface area contributed by atoms with E-state index < -0.39 is 0 Å². The molecular weight excluding hydrogens is 608 g/mol. The summed E-state index contributed by atoms with van der Waals surface area (Å²) in [5.41, 5.74) is 4.50. The highest BCUT2D eigenvalue weighted by Gasteiger charge is 2.34. The maximum absolute atomic E-state index is 14.1. The fourth-order valence-corrected chi connectivity index (χ4v) is 8.22. The average molecular weight is 655 g/mol. The Labute approximate surface area is 282 Å². The largest absolute Gasteiger partial charge is 0.495 e. The summed E-state index contributed by atoms with van der Waals surface area (Å²) in [5, 5.41) is 3.00. The number of benzene rings is 4. The summed E-state index contributed by atoms with van der Waals surface area (Å²) < 4.78 is 35.8. The minimum absolute atomic E-state index is 0.0591. The van der Waals surface area contributed by atoms with Crippen LogP contribution in [0.15, 0.2) is 24.3 Å². The van der Waals surface area contributed by atoms with Crippen molar-refractivity contribution in [1.29, 1.82) is 0 Å². The van der Waals surface area contributed by atoms with Gasteiger partial charge >= 0.3 is 0 Å². The standard InChI is InChI=1S/C40H46O8/c1-21-17-25-27(19-29(43-3)39(47-7)33(25)35(41)23-13-9-10-14-23)37(45-5)31(21)32-22(2)18-26-28(38(32)46-6)20-30(44-4)40(48-8)34(26)36(42)24-15-11-12-16-24/h17-20,23-24H,9-16H2,1-8H3. The Kier molecular flexibility index (Phi) is 9.46. The zero-order valence-corrected chi connectivity index (χ0v) is 29.4. The molecule has 48 heavy (non-hydrogen) atoms. The Morgan fingerprint density at radius 2 is 0.812 bits per heavy atom. The van der Waals surface area contributed by atoms with Gasteiger partial charge in [0.1, 0.15) is 11.5 Å². The molecule has 0 N–H and O–H groups in total. The summed E-state index contributed by atoms with van der Waals surface area (Å²) in [4.78, 5) is 28.2. The van der Waals surface area contributed by atoms with Crippen LogP contribution in [0.1, 0.15) is 83.2 Å². The summed E-state index contributed by atoms with van der Waals surface area (Å²) >= 11 is 0. The molecule has 0 aliphatic heterocycles. The number of hydrogen-bond donors (Lipinski definition) is 0. The van der Waals surface area contributed by atoms with Crippen molar-refractivity contribution in [3.63, 3.8) is 0 Å². The second-order valence-corrected chi connectivity index (χ2v) is 13.1. The van der Waals surface area contributed by atoms with Crippen molar-refractivity contribution < 1.29 is 38.0 Å². The SMILES string of the molecule is COc1cc2c(OC)c(-c3c(C)cc4c(C(=O)C5CCCC5)c(OC)c(OC)cc4c3OC)c(C)cc2c(C(=O)C2CCCC2)c1OC. The van der Waals surface area contributed by atoms with Gasteiger partial charge in [-0.05, 0) is 74.9 Å². The molecule has 8 heteroatoms. The van der Waals surface area contributed by atoms with E-state index in [1.807, 2.05) is 38.1 Å². The first-order valence-corrected chi connectivity index (χ1v) is 16.9. The van der Waals surface area contributed by atoms with Crippen molar-refractivity contribution in [3.8, 4) is 45.6 Å². The molecule has 0 atom stereocenters. The van der Waals surface area contributed by atoms with E-state index in [-0.39, 0.29) is 23.4 Å². The normalized spacial score (nSPS) is 15.2. The van der Waals surface area contributed by atoms with Crippen LogP contribution < -0.4 is 28.4 Å². The molecule has 0 saturated heterocycles. The van der Waals surface area contributed by atoms with Crippen LogP contribution in [0.25, 0.3) is 32.7 Å². The maximum Gasteiger partial charge on any atom is 0.172 e. The van der Waals surface area contributed by atoms with Gasteiger partial charge in [-0.3, -0.25) is 9.59 Å². The minimum Gasteiger partial charge on any atom is -0.495 e. The van der Waals surface area contributed by atoms with E-state index >= 15 is 0 Å². The number of carbonyl (C=O) groups excluding carboxylic acids is 2. The lowest BCUT2D eigenvalue weighted by molar-refractivity contribution is 0.0913. The van der Waals surface area contributed by atoms with E-state index in [1.54, 1.807) is 42.7 Å². The average Bonchev–Trinajstić information content (AvgIpc) is 3.84. The topological polar surface area (TPSA) is 89.5 Å². The third-order valence-electron chi connectivity index (χ3n) is 10.5. The Morgan fingerprint density at radius 1 is 0.479 bits per heavy atom. The van der Waals surface area contributed by atoms with Crippen LogP contribution >= 0.6 is 0 Å². The van der Waals surface area contributed by atoms with Gasteiger partial charge in [0.15, 0.2) is 34.6 Å². The van der Waals surface area contributed by atoms with Gasteiger partial charge in [0.2, 0.25) is 0 Å². The number of Topliss-reactive ketones (excluding diaryl/α,β-unsaturated/α-hetero) is 2. The van der Waals surface area contributed by atoms with Crippen LogP contribution in [-0.4, -0.2) is 54.2 Å². The van der Waals surface area contributed by atoms with Gasteiger partial charge in [-0.1, -0.05) is 25.7 Å². The third kappa shape index (κ3) is 5.30. The first-order chi connectivity index (χ1) is 23.2. The molecule has 2 aliphatic carbocycles. The molecule has 0 bridgehead atoms. The Morgan fingerprint density at radius 3 is 1.10 bits per heavy atom. The molecule has 254 valence electrons. The molecule has 2 saturated carbocycles. The lowest BCUT2D eigenvalue weighted by atomic mass is 9.84. The third-order valence-corrected chi connectivity index (χ3v) is 10.5. The molecule has 0 spiro atoms. The van der Waals surface area contributed by atoms with E-state index in [1.165, 1.54) is 0 Å². The molecule has 0 amide bonds. The quantitative estimate of drug-likeness (QED) is 0.148. The van der Waals surface area contributed by atoms with Gasteiger partial charge in [0.25, 0.3) is 0 Å². The van der Waals surface area contributed by atoms with Gasteiger partial charge in [-0.2, -0.15) is 0 Å². The van der Waals surface area contributed by atoms with Crippen LogP contribution in [0.4, 0.5) is 0 Å². The summed E-state index contributed by atoms with van der Waals surface area (Å²) in [6.45, 7) is 4.04. The molecule has 0 radical (unpaired) electrons. The minimum atomic E-state index is -0.0591. The van der Waals surface area contributed by atoms with Gasteiger partial charge in [-0.25, -0.2) is 0 Å². The second-order valence-electron chi connectivity index (χ2n) is 13.1. The molecular formula is C40H46O8. The predicted octanol–water partition coefficient (Wildman–Crippen LogP) is 9.07. The summed E-state index contributed by atoms with van der Waals surface area (Å²) in [6.07, 6.45) is 7.61. The van der Waals surface area contributed by atoms with Crippen molar-refractivity contribution in [2.75, 3.05) is 42.7 Å². The van der Waals surface area contributed by atoms with E-state index in [0.29, 0.717) is 45.6 Å². The van der Waals surface area contributed by atoms with Crippen molar-refractivity contribution in [2.24, 2.45) is 11.8 Å². The molecule has 8 nitrogen and oxygen atoms in total. The van der Waals surface area contributed by atoms with Gasteiger partial charge in [0, 0.05) is 44.5 Å². The number of hydrogen-bond acceptors (Lipinski definition) is 8. The predicted molar refractivity (Wildman–Crippen MR) is 188 cm³/mol. The first kappa shape index (κ1) is 33.4. The zero-order chi connectivity index (χ0) is 34.3. The number of ketones is 2. The lowest BCUT2D eigenvalue weighted by Gasteiger charge is -2.24. The van der Waals surface area contributed by atoms with E-state index in [9.17, 15) is 9.59 Å². The molecule has 4 aromatic carbocycles. The molecule has 6 rings (SSSR count). The second kappa shape index (κ2) is 13.6. The van der Waals surface area contributed by atoms with Crippen LogP contribution in [0.2, 0.25) is 0 Å². The molecule has 0 aromatic heterocycles. The van der Waals surface area contributed by atoms with E-state index in [4.69, 9.17) is 28.4 Å². The number of ether oxygens (including phenoxy) is 6. The van der Waals surface area contributed by atoms with Crippen molar-refractivity contribution in [2.45, 2.75) is 65.2 Å². The number of carbonyl (C=O) groups is 2. The van der Waals surface area contributed by atoms with E-state index in [2.05, 4.69) is 0 Å². The molecule has 0 heterocycles. The summed E-state index contributed by atoms with van der Waals surface area (Å²) in [7, 11) is 9.59. The highest BCUT2D eigenvalue weighted by Crippen LogP contribution is 2.53. The molecule has 4 aromatic rings. The Bertz CT molecular complexity index is 1770. The van der Waals surface area contributed by atoms with Crippen molar-refractivity contribution in [1.82, 2.24) is 0 Å². The first-order valence-electron chi connectivity index (χ1n) is 16.9. The van der Waals surface area contributed by atoms with Gasteiger partial charge in [0.05, 0.1) is 53.8 Å². The number of aryl methyl sites for hydroxylation is 2. The van der Waals surface area contributed by atoms with Gasteiger partial charge < -0.3 is 28.4 Å². The highest BCUT2D eigenvalue weighted by molar-refractivity contribution is 6.17. The fraction of sp³-hybridized carbons (Fsp3) is 0.450. The van der Waals surface area contributed by atoms with Gasteiger partial charge in [-0.15, -0.1) is 0 Å². The van der Waals surface area contributed by atoms with Crippen LogP contribution in [0.5, 0.6) is 34.5 Å². The van der Waals surface area contributed by atoms with E-state index in [0.717, 1.165) is 95.2 Å². The lowest BCUT2D eigenvalue weighted by Crippen LogP contribution is -2.14. The Hall–Kier alpha value is -4.46. The summed E-state index contributed by atoms with van der Waals surface area (Å²) in [6, 6.07) is 7.86. The van der Waals surface area contributed by atoms with Crippen LogP contribution in [0, 0.1) is 25.7 Å². The smallest absolute Gasteiger partial charge is 0.172 e. The molecule has 2 aliphatic rings. The molecule has 2 fully saturated rings. The van der Waals surface area contributed by atoms with Crippen molar-refractivity contribution >= 4 is 33.1 Å².